The Labute approximate surface area is 513 Å². The van der Waals surface area contributed by atoms with E-state index in [4.69, 9.17) is 32.8 Å². The quantitative estimate of drug-likeness (QED) is 0.113. The maximum Gasteiger partial charge on any atom is 0.489 e. The number of hydrogen-bond donors (Lipinski definition) is 2. The minimum atomic E-state index is -1.50. The average molecular weight is 1170 g/mol. The molecular formula is C75H50BBrN6O2. The van der Waals surface area contributed by atoms with Crippen LogP contribution in [0.3, 0.4) is 0 Å². The van der Waals surface area contributed by atoms with Crippen molar-refractivity contribution in [2.75, 3.05) is 0 Å². The predicted octanol–water partition coefficient (Wildman–Crippen LogP) is 17.4. The molecule has 12 aromatic carbocycles. The Balaban J connectivity index is 0.000000147. The van der Waals surface area contributed by atoms with Crippen molar-refractivity contribution in [2.45, 2.75) is 6.92 Å². The average Bonchev–Trinajstić information content (AvgIpc) is 0.776. The van der Waals surface area contributed by atoms with Gasteiger partial charge in [-0.15, -0.1) is 0 Å². The van der Waals surface area contributed by atoms with Gasteiger partial charge in [-0.1, -0.05) is 230 Å². The SMILES string of the molecule is N#Cc1ccc(-c2ccc(-c3ccc(B(O)O)c4ccccc34)cc2)cc1.[2H]c1c([2H])c(C)c([2H])c(-c2nc(-c3ccc(-c4ccc(-c5ccc(C#N)cc5)cc4)c4ccccc34)nc3ccccc23)c1[2H].[2H]c1c([2H])c([2H])c(-c2nc(Br)nc3ccccc23)c([2H])c1[2H]. The van der Waals surface area contributed by atoms with Crippen molar-refractivity contribution in [3.63, 3.8) is 0 Å². The van der Waals surface area contributed by atoms with Crippen LogP contribution in [0.1, 0.15) is 29.0 Å². The van der Waals surface area contributed by atoms with Crippen molar-refractivity contribution >= 4 is 71.9 Å². The maximum atomic E-state index is 9.62. The maximum absolute atomic E-state index is 9.62. The van der Waals surface area contributed by atoms with Gasteiger partial charge >= 0.3 is 7.12 Å². The zero-order valence-corrected chi connectivity index (χ0v) is 46.9. The van der Waals surface area contributed by atoms with Crippen LogP contribution >= 0.6 is 15.9 Å². The van der Waals surface area contributed by atoms with Gasteiger partial charge in [-0.2, -0.15) is 10.5 Å². The molecule has 0 amide bonds. The summed E-state index contributed by atoms with van der Waals surface area (Å²) in [7, 11) is -1.50. The summed E-state index contributed by atoms with van der Waals surface area (Å²) < 4.78 is 73.8. The van der Waals surface area contributed by atoms with E-state index >= 15 is 0 Å². The highest BCUT2D eigenvalue weighted by atomic mass is 79.9. The Hall–Kier alpha value is -10.7. The second kappa shape index (κ2) is 24.8. The van der Waals surface area contributed by atoms with Crippen LogP contribution in [0.2, 0.25) is 0 Å². The van der Waals surface area contributed by atoms with Gasteiger partial charge in [-0.3, -0.25) is 0 Å². The van der Waals surface area contributed by atoms with Crippen molar-refractivity contribution in [2.24, 2.45) is 0 Å². The molecule has 0 atom stereocenters. The molecule has 14 rings (SSSR count). The molecule has 0 aliphatic carbocycles. The number of rotatable bonds is 8. The first kappa shape index (κ1) is 44.9. The fraction of sp³-hybridized carbons (Fsp3) is 0.0133. The van der Waals surface area contributed by atoms with Gasteiger partial charge in [0.15, 0.2) is 10.6 Å². The first-order valence-electron chi connectivity index (χ1n) is 31.4. The molecule has 2 aromatic heterocycles. The van der Waals surface area contributed by atoms with E-state index in [0.717, 1.165) is 71.6 Å². The van der Waals surface area contributed by atoms with Crippen molar-refractivity contribution in [3.8, 4) is 90.5 Å². The number of halogens is 1. The monoisotopic (exact) mass is 1170 g/mol. The smallest absolute Gasteiger partial charge is 0.423 e. The van der Waals surface area contributed by atoms with Crippen LogP contribution in [0.25, 0.3) is 122 Å². The highest BCUT2D eigenvalue weighted by molar-refractivity contribution is 9.10. The zero-order valence-electron chi connectivity index (χ0n) is 54.3. The van der Waals surface area contributed by atoms with Crippen LogP contribution in [0.15, 0.2) is 278 Å². The van der Waals surface area contributed by atoms with Gasteiger partial charge in [0.25, 0.3) is 0 Å². The lowest BCUT2D eigenvalue weighted by Crippen LogP contribution is -2.30. The molecule has 0 aliphatic rings. The molecule has 402 valence electrons. The topological polar surface area (TPSA) is 140 Å². The van der Waals surface area contributed by atoms with Gasteiger partial charge in [-0.05, 0) is 143 Å². The Kier molecular flexibility index (Phi) is 13.1. The fourth-order valence-electron chi connectivity index (χ4n) is 10.3. The second-order valence-corrected chi connectivity index (χ2v) is 20.3. The third-order valence-electron chi connectivity index (χ3n) is 14.4. The highest BCUT2D eigenvalue weighted by Crippen LogP contribution is 2.38. The van der Waals surface area contributed by atoms with E-state index in [-0.39, 0.29) is 59.5 Å². The molecule has 0 saturated heterocycles. The van der Waals surface area contributed by atoms with E-state index in [1.165, 1.54) is 0 Å². The Morgan fingerprint density at radius 3 is 1.33 bits per heavy atom. The molecule has 0 bridgehead atoms. The van der Waals surface area contributed by atoms with Crippen LogP contribution in [-0.4, -0.2) is 37.1 Å². The summed E-state index contributed by atoms with van der Waals surface area (Å²) in [6.45, 7) is 1.64. The molecule has 0 unspecified atom stereocenters. The molecule has 14 aromatic rings. The van der Waals surface area contributed by atoms with Crippen LogP contribution < -0.4 is 5.46 Å². The zero-order chi connectivity index (χ0) is 66.1. The Bertz CT molecular complexity index is 5350. The third kappa shape index (κ3) is 11.8. The lowest BCUT2D eigenvalue weighted by atomic mass is 9.76. The van der Waals surface area contributed by atoms with E-state index in [0.29, 0.717) is 65.9 Å². The molecule has 0 spiro atoms. The van der Waals surface area contributed by atoms with Crippen LogP contribution in [0, 0.1) is 29.6 Å². The van der Waals surface area contributed by atoms with Gasteiger partial charge < -0.3 is 10.0 Å². The van der Waals surface area contributed by atoms with Crippen molar-refractivity contribution in [1.82, 2.24) is 19.9 Å². The van der Waals surface area contributed by atoms with E-state index < -0.39 is 13.2 Å². The number of nitriles is 2. The predicted molar refractivity (Wildman–Crippen MR) is 350 cm³/mol. The van der Waals surface area contributed by atoms with Crippen molar-refractivity contribution < 1.29 is 22.4 Å². The molecule has 85 heavy (non-hydrogen) atoms. The first-order valence-corrected chi connectivity index (χ1v) is 27.7. The number of para-hydroxylation sites is 2. The largest absolute Gasteiger partial charge is 0.489 e. The lowest BCUT2D eigenvalue weighted by molar-refractivity contribution is 0.426. The fourth-order valence-corrected chi connectivity index (χ4v) is 10.6. The van der Waals surface area contributed by atoms with E-state index in [2.05, 4.69) is 98.7 Å². The van der Waals surface area contributed by atoms with Crippen LogP contribution in [-0.2, 0) is 0 Å². The molecule has 8 nitrogen and oxygen atoms in total. The molecule has 0 fully saturated rings. The minimum Gasteiger partial charge on any atom is -0.423 e. The summed E-state index contributed by atoms with van der Waals surface area (Å²) in [5.41, 5.74) is 13.7. The summed E-state index contributed by atoms with van der Waals surface area (Å²) in [6, 6.07) is 72.0. The number of benzene rings is 12. The molecule has 0 saturated carbocycles. The van der Waals surface area contributed by atoms with E-state index in [1.54, 1.807) is 31.2 Å². The second-order valence-electron chi connectivity index (χ2n) is 19.6. The third-order valence-corrected chi connectivity index (χ3v) is 14.7. The molecule has 10 heteroatoms. The van der Waals surface area contributed by atoms with E-state index in [1.807, 2.05) is 133 Å². The molecular weight excluding hydrogens is 1110 g/mol. The molecule has 0 radical (unpaired) electrons. The molecule has 2 N–H and O–H groups in total. The minimum absolute atomic E-state index is 0.0282. The van der Waals surface area contributed by atoms with Crippen molar-refractivity contribution in [3.05, 3.63) is 294 Å². The molecule has 2 heterocycles. The number of aromatic nitrogens is 4. The first-order chi connectivity index (χ1) is 45.4. The highest BCUT2D eigenvalue weighted by Gasteiger charge is 2.18. The molecule has 0 aliphatic heterocycles. The van der Waals surface area contributed by atoms with Gasteiger partial charge in [0.05, 0.1) is 58.0 Å². The van der Waals surface area contributed by atoms with Crippen molar-refractivity contribution in [1.29, 1.82) is 10.5 Å². The summed E-state index contributed by atoms with van der Waals surface area (Å²) in [5, 5.41) is 42.4. The lowest BCUT2D eigenvalue weighted by Gasteiger charge is -2.14. The summed E-state index contributed by atoms with van der Waals surface area (Å²) >= 11 is 3.21. The van der Waals surface area contributed by atoms with Gasteiger partial charge in [0, 0.05) is 27.5 Å². The van der Waals surface area contributed by atoms with Crippen LogP contribution in [0.4, 0.5) is 0 Å². The Morgan fingerprint density at radius 2 is 0.800 bits per heavy atom. The van der Waals surface area contributed by atoms with Gasteiger partial charge in [0.1, 0.15) is 0 Å². The number of hydrogen-bond acceptors (Lipinski definition) is 8. The van der Waals surface area contributed by atoms with Gasteiger partial charge in [-0.25, -0.2) is 19.9 Å². The van der Waals surface area contributed by atoms with Crippen LogP contribution in [0.5, 0.6) is 0 Å². The van der Waals surface area contributed by atoms with E-state index in [9.17, 15) is 10.0 Å². The standard InChI is InChI=1S/C38H25N3.C23H16BNO2.C14H9BrN2/c1-25-7-6-8-30(23-25)37-35-11-4-5-12-36(35)40-38(41-37)34-22-21-31(32-9-2-3-10-33(32)34)29-19-17-28(18-20-29)27-15-13-26(24-39)14-16-27;25-15-16-5-7-17(8-6-16)18-9-11-19(12-10-18)20-13-14-23(24(26)27)22-4-2-1-3-21(20)22;15-14-16-12-9-5-4-8-11(12)13(17-14)10-6-2-1-3-7-10/h2-23H,1H3;1-14,26-27H;1-9H/i6D,7D,8D,23D;;1D,2D,3D,6D,7D. The Morgan fingerprint density at radius 1 is 0.388 bits per heavy atom. The number of fused-ring (bicyclic) bond motifs is 4. The normalized spacial score (nSPS) is 12.3. The van der Waals surface area contributed by atoms with Gasteiger partial charge in [0.2, 0.25) is 0 Å². The summed E-state index contributed by atoms with van der Waals surface area (Å²) in [5.74, 6) is 0.459. The number of nitrogens with zero attached hydrogens (tertiary/aromatic N) is 6. The summed E-state index contributed by atoms with van der Waals surface area (Å²) in [4.78, 5) is 18.4. The summed E-state index contributed by atoms with van der Waals surface area (Å²) in [6.07, 6.45) is 0.